The quantitative estimate of drug-likeness (QED) is 0.342. The molecule has 104 valence electrons. The Bertz CT molecular complexity index is 426. The van der Waals surface area contributed by atoms with Crippen LogP contribution < -0.4 is 5.48 Å². The Morgan fingerprint density at radius 2 is 2.00 bits per heavy atom. The highest BCUT2D eigenvalue weighted by Crippen LogP contribution is 2.12. The van der Waals surface area contributed by atoms with E-state index in [1.54, 1.807) is 37.3 Å². The van der Waals surface area contributed by atoms with E-state index < -0.39 is 5.97 Å². The van der Waals surface area contributed by atoms with Crippen molar-refractivity contribution in [2.24, 2.45) is 0 Å². The van der Waals surface area contributed by atoms with Gasteiger partial charge in [-0.3, -0.25) is 10.3 Å². The second kappa shape index (κ2) is 8.16. The first-order chi connectivity index (χ1) is 9.17. The van der Waals surface area contributed by atoms with E-state index in [2.05, 4.69) is 5.48 Å². The molecule has 1 rings (SSSR count). The summed E-state index contributed by atoms with van der Waals surface area (Å²) in [7, 11) is 0. The SMILES string of the molecule is CCCONC(=Cc1ccc(O)cc1)C(=O)OCC. The number of hydrogen-bond acceptors (Lipinski definition) is 5. The molecule has 0 aliphatic carbocycles. The van der Waals surface area contributed by atoms with Crippen LogP contribution in [0.2, 0.25) is 0 Å². The van der Waals surface area contributed by atoms with Crippen molar-refractivity contribution < 1.29 is 19.5 Å². The predicted octanol–water partition coefficient (Wildman–Crippen LogP) is 2.23. The van der Waals surface area contributed by atoms with Crippen molar-refractivity contribution in [1.82, 2.24) is 5.48 Å². The molecule has 19 heavy (non-hydrogen) atoms. The van der Waals surface area contributed by atoms with Gasteiger partial charge in [0.25, 0.3) is 0 Å². The van der Waals surface area contributed by atoms with Gasteiger partial charge in [0.1, 0.15) is 11.4 Å². The van der Waals surface area contributed by atoms with E-state index in [1.165, 1.54) is 0 Å². The predicted molar refractivity (Wildman–Crippen MR) is 72.1 cm³/mol. The maximum absolute atomic E-state index is 11.7. The number of esters is 1. The number of benzene rings is 1. The Balaban J connectivity index is 2.81. The highest BCUT2D eigenvalue weighted by molar-refractivity contribution is 5.92. The summed E-state index contributed by atoms with van der Waals surface area (Å²) in [6.45, 7) is 4.49. The molecular weight excluding hydrogens is 246 g/mol. The fourth-order valence-electron chi connectivity index (χ4n) is 1.31. The topological polar surface area (TPSA) is 67.8 Å². The molecule has 1 aromatic carbocycles. The lowest BCUT2D eigenvalue weighted by atomic mass is 10.2. The van der Waals surface area contributed by atoms with Gasteiger partial charge in [0.05, 0.1) is 13.2 Å². The first-order valence-electron chi connectivity index (χ1n) is 6.23. The summed E-state index contributed by atoms with van der Waals surface area (Å²) in [5.41, 5.74) is 3.57. The summed E-state index contributed by atoms with van der Waals surface area (Å²) < 4.78 is 4.93. The number of hydrogen-bond donors (Lipinski definition) is 2. The van der Waals surface area contributed by atoms with Crippen LogP contribution in [0, 0.1) is 0 Å². The first-order valence-corrected chi connectivity index (χ1v) is 6.23. The van der Waals surface area contributed by atoms with Crippen molar-refractivity contribution in [3.05, 3.63) is 35.5 Å². The smallest absolute Gasteiger partial charge is 0.356 e. The average molecular weight is 265 g/mol. The average Bonchev–Trinajstić information content (AvgIpc) is 2.40. The molecule has 0 saturated carbocycles. The molecule has 5 nitrogen and oxygen atoms in total. The van der Waals surface area contributed by atoms with Crippen LogP contribution in [0.15, 0.2) is 30.0 Å². The second-order valence-electron chi connectivity index (χ2n) is 3.82. The van der Waals surface area contributed by atoms with Crippen LogP contribution in [0.25, 0.3) is 6.08 Å². The zero-order valence-corrected chi connectivity index (χ0v) is 11.2. The number of carbonyl (C=O) groups excluding carboxylic acids is 1. The van der Waals surface area contributed by atoms with Gasteiger partial charge < -0.3 is 9.84 Å². The Hall–Kier alpha value is -2.01. The van der Waals surface area contributed by atoms with Gasteiger partial charge in [-0.2, -0.15) is 0 Å². The Kier molecular flexibility index (Phi) is 6.46. The maximum atomic E-state index is 11.7. The summed E-state index contributed by atoms with van der Waals surface area (Å²) in [6, 6.07) is 6.47. The fourth-order valence-corrected chi connectivity index (χ4v) is 1.31. The van der Waals surface area contributed by atoms with Crippen molar-refractivity contribution in [2.45, 2.75) is 20.3 Å². The third kappa shape index (κ3) is 5.44. The minimum atomic E-state index is -0.480. The highest BCUT2D eigenvalue weighted by atomic mass is 16.6. The standard InChI is InChI=1S/C14H19NO4/c1-3-9-19-15-13(14(17)18-4-2)10-11-5-7-12(16)8-6-11/h5-8,10,15-16H,3-4,9H2,1-2H3. The maximum Gasteiger partial charge on any atom is 0.356 e. The number of hydroxylamine groups is 1. The fraction of sp³-hybridized carbons (Fsp3) is 0.357. The summed E-state index contributed by atoms with van der Waals surface area (Å²) in [5.74, 6) is -0.309. The molecule has 2 N–H and O–H groups in total. The van der Waals surface area contributed by atoms with Crippen LogP contribution in [0.3, 0.4) is 0 Å². The van der Waals surface area contributed by atoms with E-state index in [4.69, 9.17) is 9.57 Å². The summed E-state index contributed by atoms with van der Waals surface area (Å²) in [4.78, 5) is 16.9. The van der Waals surface area contributed by atoms with Gasteiger partial charge >= 0.3 is 5.97 Å². The lowest BCUT2D eigenvalue weighted by Crippen LogP contribution is -2.23. The summed E-state index contributed by atoms with van der Waals surface area (Å²) in [6.07, 6.45) is 2.44. The molecule has 0 aliphatic heterocycles. The highest BCUT2D eigenvalue weighted by Gasteiger charge is 2.10. The molecule has 0 aliphatic rings. The van der Waals surface area contributed by atoms with Crippen LogP contribution in [0.4, 0.5) is 0 Å². The molecule has 0 amide bonds. The van der Waals surface area contributed by atoms with E-state index in [-0.39, 0.29) is 11.4 Å². The Morgan fingerprint density at radius 1 is 1.32 bits per heavy atom. The van der Waals surface area contributed by atoms with Gasteiger partial charge in [-0.1, -0.05) is 19.1 Å². The molecule has 0 heterocycles. The van der Waals surface area contributed by atoms with Crippen LogP contribution >= 0.6 is 0 Å². The van der Waals surface area contributed by atoms with Crippen LogP contribution in [0.1, 0.15) is 25.8 Å². The van der Waals surface area contributed by atoms with Crippen molar-refractivity contribution in [3.63, 3.8) is 0 Å². The van der Waals surface area contributed by atoms with Gasteiger partial charge in [-0.25, -0.2) is 4.79 Å². The number of phenolic OH excluding ortho intramolecular Hbond substituents is 1. The molecular formula is C14H19NO4. The largest absolute Gasteiger partial charge is 0.508 e. The van der Waals surface area contributed by atoms with E-state index in [0.29, 0.717) is 13.2 Å². The third-order valence-corrected chi connectivity index (χ3v) is 2.19. The van der Waals surface area contributed by atoms with Gasteiger partial charge in [0.15, 0.2) is 0 Å². The zero-order chi connectivity index (χ0) is 14.1. The van der Waals surface area contributed by atoms with E-state index in [0.717, 1.165) is 12.0 Å². The van der Waals surface area contributed by atoms with E-state index in [9.17, 15) is 9.90 Å². The second-order valence-corrected chi connectivity index (χ2v) is 3.82. The van der Waals surface area contributed by atoms with Gasteiger partial charge in [-0.05, 0) is 37.1 Å². The van der Waals surface area contributed by atoms with Gasteiger partial charge in [-0.15, -0.1) is 0 Å². The van der Waals surface area contributed by atoms with Crippen molar-refractivity contribution in [3.8, 4) is 5.75 Å². The zero-order valence-electron chi connectivity index (χ0n) is 11.2. The lowest BCUT2D eigenvalue weighted by molar-refractivity contribution is -0.140. The van der Waals surface area contributed by atoms with Crippen molar-refractivity contribution >= 4 is 12.0 Å². The number of carbonyl (C=O) groups is 1. The number of ether oxygens (including phenoxy) is 1. The third-order valence-electron chi connectivity index (χ3n) is 2.19. The lowest BCUT2D eigenvalue weighted by Gasteiger charge is -2.09. The molecule has 0 aromatic heterocycles. The molecule has 0 bridgehead atoms. The van der Waals surface area contributed by atoms with Crippen molar-refractivity contribution in [1.29, 1.82) is 0 Å². The number of rotatable bonds is 7. The molecule has 0 radical (unpaired) electrons. The molecule has 0 spiro atoms. The van der Waals surface area contributed by atoms with Crippen LogP contribution in [-0.2, 0) is 14.4 Å². The minimum absolute atomic E-state index is 0.171. The number of nitrogens with one attached hydrogen (secondary N) is 1. The van der Waals surface area contributed by atoms with Crippen LogP contribution in [0.5, 0.6) is 5.75 Å². The number of aromatic hydroxyl groups is 1. The number of phenols is 1. The van der Waals surface area contributed by atoms with E-state index >= 15 is 0 Å². The molecule has 0 fully saturated rings. The molecule has 5 heteroatoms. The van der Waals surface area contributed by atoms with Crippen molar-refractivity contribution in [2.75, 3.05) is 13.2 Å². The summed E-state index contributed by atoms with van der Waals surface area (Å²) >= 11 is 0. The monoisotopic (exact) mass is 265 g/mol. The summed E-state index contributed by atoms with van der Waals surface area (Å²) in [5, 5.41) is 9.20. The van der Waals surface area contributed by atoms with Crippen LogP contribution in [-0.4, -0.2) is 24.3 Å². The molecule has 0 saturated heterocycles. The Morgan fingerprint density at radius 3 is 2.58 bits per heavy atom. The Labute approximate surface area is 112 Å². The van der Waals surface area contributed by atoms with Gasteiger partial charge in [0.2, 0.25) is 0 Å². The first kappa shape index (κ1) is 15.0. The molecule has 0 unspecified atom stereocenters. The van der Waals surface area contributed by atoms with Gasteiger partial charge in [0, 0.05) is 0 Å². The van der Waals surface area contributed by atoms with E-state index in [1.807, 2.05) is 6.92 Å². The normalized spacial score (nSPS) is 11.2. The molecule has 1 aromatic rings. The minimum Gasteiger partial charge on any atom is -0.508 e. The molecule has 0 atom stereocenters.